The number of thiophene rings is 1. The van der Waals surface area contributed by atoms with Crippen LogP contribution in [0.5, 0.6) is 5.75 Å². The summed E-state index contributed by atoms with van der Waals surface area (Å²) in [5.41, 5.74) is 1.37. The molecular weight excluding hydrogens is 334 g/mol. The van der Waals surface area contributed by atoms with Gasteiger partial charge in [-0.15, -0.1) is 11.3 Å². The van der Waals surface area contributed by atoms with Crippen LogP contribution in [-0.2, 0) is 13.2 Å². The molecule has 2 nitrogen and oxygen atoms in total. The van der Waals surface area contributed by atoms with Crippen LogP contribution in [0.4, 0.5) is 0 Å². The van der Waals surface area contributed by atoms with Crippen molar-refractivity contribution in [3.8, 4) is 5.75 Å². The smallest absolute Gasteiger partial charge is 0.134 e. The normalized spacial score (nSPS) is 11.6. The second-order valence-electron chi connectivity index (χ2n) is 5.74. The van der Waals surface area contributed by atoms with Crippen molar-refractivity contribution in [3.63, 3.8) is 0 Å². The molecule has 1 heterocycles. The maximum Gasteiger partial charge on any atom is 0.134 e. The Morgan fingerprint density at radius 2 is 2.05 bits per heavy atom. The van der Waals surface area contributed by atoms with E-state index in [1.54, 1.807) is 11.3 Å². The molecule has 2 rings (SSSR count). The van der Waals surface area contributed by atoms with Crippen molar-refractivity contribution >= 4 is 27.3 Å². The zero-order chi connectivity index (χ0) is 14.6. The molecule has 0 saturated heterocycles. The van der Waals surface area contributed by atoms with E-state index in [0.717, 1.165) is 16.8 Å². The van der Waals surface area contributed by atoms with Gasteiger partial charge in [0.25, 0.3) is 0 Å². The van der Waals surface area contributed by atoms with Crippen LogP contribution in [0.25, 0.3) is 0 Å². The van der Waals surface area contributed by atoms with Gasteiger partial charge in [0.05, 0.1) is 4.47 Å². The van der Waals surface area contributed by atoms with Crippen LogP contribution >= 0.6 is 27.3 Å². The molecule has 0 aliphatic carbocycles. The standard InChI is InChI=1S/C16H20BrNOS/c1-16(2,3)18-10-12-6-7-15(14(17)9-12)19-11-13-5-4-8-20-13/h4-9,18H,10-11H2,1-3H3. The van der Waals surface area contributed by atoms with E-state index in [0.29, 0.717) is 6.61 Å². The van der Waals surface area contributed by atoms with Gasteiger partial charge in [0.15, 0.2) is 0 Å². The first kappa shape index (κ1) is 15.5. The largest absolute Gasteiger partial charge is 0.487 e. The summed E-state index contributed by atoms with van der Waals surface area (Å²) in [5.74, 6) is 0.887. The Bertz CT molecular complexity index is 546. The van der Waals surface area contributed by atoms with Crippen molar-refractivity contribution in [2.24, 2.45) is 0 Å². The summed E-state index contributed by atoms with van der Waals surface area (Å²) in [6.07, 6.45) is 0. The highest BCUT2D eigenvalue weighted by atomic mass is 79.9. The molecule has 0 amide bonds. The van der Waals surface area contributed by atoms with E-state index < -0.39 is 0 Å². The molecule has 1 aromatic carbocycles. The first-order valence-corrected chi connectivity index (χ1v) is 8.30. The summed E-state index contributed by atoms with van der Waals surface area (Å²) in [6, 6.07) is 10.4. The van der Waals surface area contributed by atoms with Gasteiger partial charge < -0.3 is 10.1 Å². The third kappa shape index (κ3) is 4.93. The van der Waals surface area contributed by atoms with Gasteiger partial charge in [-0.3, -0.25) is 0 Å². The molecule has 0 fully saturated rings. The minimum atomic E-state index is 0.126. The van der Waals surface area contributed by atoms with E-state index in [-0.39, 0.29) is 5.54 Å². The van der Waals surface area contributed by atoms with Crippen LogP contribution in [0, 0.1) is 0 Å². The number of halogens is 1. The molecule has 1 aromatic heterocycles. The van der Waals surface area contributed by atoms with Gasteiger partial charge in [-0.05, 0) is 65.8 Å². The van der Waals surface area contributed by atoms with Crippen LogP contribution in [0.15, 0.2) is 40.2 Å². The Morgan fingerprint density at radius 1 is 1.25 bits per heavy atom. The minimum absolute atomic E-state index is 0.126. The monoisotopic (exact) mass is 353 g/mol. The highest BCUT2D eigenvalue weighted by Crippen LogP contribution is 2.27. The third-order valence-electron chi connectivity index (χ3n) is 2.77. The fourth-order valence-corrected chi connectivity index (χ4v) is 2.84. The van der Waals surface area contributed by atoms with E-state index in [9.17, 15) is 0 Å². The molecule has 0 bridgehead atoms. The lowest BCUT2D eigenvalue weighted by Crippen LogP contribution is -2.35. The van der Waals surface area contributed by atoms with Gasteiger partial charge >= 0.3 is 0 Å². The molecule has 4 heteroatoms. The molecule has 108 valence electrons. The Morgan fingerprint density at radius 3 is 2.65 bits per heavy atom. The van der Waals surface area contributed by atoms with E-state index in [1.165, 1.54) is 10.4 Å². The predicted octanol–water partition coefficient (Wildman–Crippen LogP) is 4.98. The Balaban J connectivity index is 1.95. The molecule has 0 saturated carbocycles. The first-order chi connectivity index (χ1) is 9.44. The second kappa shape index (κ2) is 6.74. The highest BCUT2D eigenvalue weighted by Gasteiger charge is 2.09. The molecule has 0 unspecified atom stereocenters. The lowest BCUT2D eigenvalue weighted by atomic mass is 10.1. The van der Waals surface area contributed by atoms with Gasteiger partial charge in [-0.1, -0.05) is 12.1 Å². The summed E-state index contributed by atoms with van der Waals surface area (Å²) in [6.45, 7) is 7.98. The molecule has 0 spiro atoms. The van der Waals surface area contributed by atoms with Gasteiger partial charge in [0.1, 0.15) is 12.4 Å². The number of hydrogen-bond acceptors (Lipinski definition) is 3. The number of hydrogen-bond donors (Lipinski definition) is 1. The number of ether oxygens (including phenoxy) is 1. The lowest BCUT2D eigenvalue weighted by Gasteiger charge is -2.20. The summed E-state index contributed by atoms with van der Waals surface area (Å²) in [7, 11) is 0. The summed E-state index contributed by atoms with van der Waals surface area (Å²) < 4.78 is 6.83. The first-order valence-electron chi connectivity index (χ1n) is 6.63. The van der Waals surface area contributed by atoms with E-state index in [1.807, 2.05) is 12.1 Å². The molecular formula is C16H20BrNOS. The van der Waals surface area contributed by atoms with Crippen molar-refractivity contribution in [2.75, 3.05) is 0 Å². The molecule has 0 atom stereocenters. The Hall–Kier alpha value is -0.840. The fraction of sp³-hybridized carbons (Fsp3) is 0.375. The minimum Gasteiger partial charge on any atom is -0.487 e. The molecule has 2 aromatic rings. The van der Waals surface area contributed by atoms with Crippen LogP contribution in [-0.4, -0.2) is 5.54 Å². The summed E-state index contributed by atoms with van der Waals surface area (Å²) in [5, 5.41) is 5.54. The van der Waals surface area contributed by atoms with Crippen LogP contribution < -0.4 is 10.1 Å². The Labute approximate surface area is 133 Å². The zero-order valence-electron chi connectivity index (χ0n) is 12.1. The van der Waals surface area contributed by atoms with Crippen molar-refractivity contribution < 1.29 is 4.74 Å². The van der Waals surface area contributed by atoms with Gasteiger partial charge in [0.2, 0.25) is 0 Å². The van der Waals surface area contributed by atoms with Crippen molar-refractivity contribution in [1.82, 2.24) is 5.32 Å². The zero-order valence-corrected chi connectivity index (χ0v) is 14.5. The molecule has 0 aliphatic rings. The maximum atomic E-state index is 5.82. The van der Waals surface area contributed by atoms with Crippen molar-refractivity contribution in [3.05, 3.63) is 50.6 Å². The third-order valence-corrected chi connectivity index (χ3v) is 4.24. The average molecular weight is 354 g/mol. The van der Waals surface area contributed by atoms with Crippen molar-refractivity contribution in [2.45, 2.75) is 39.5 Å². The predicted molar refractivity (Wildman–Crippen MR) is 89.4 cm³/mol. The van der Waals surface area contributed by atoms with Crippen LogP contribution in [0.2, 0.25) is 0 Å². The topological polar surface area (TPSA) is 21.3 Å². The maximum absolute atomic E-state index is 5.82. The number of rotatable bonds is 5. The second-order valence-corrected chi connectivity index (χ2v) is 7.62. The van der Waals surface area contributed by atoms with Gasteiger partial charge in [0, 0.05) is 17.0 Å². The van der Waals surface area contributed by atoms with E-state index in [4.69, 9.17) is 4.74 Å². The van der Waals surface area contributed by atoms with Crippen molar-refractivity contribution in [1.29, 1.82) is 0 Å². The SMILES string of the molecule is CC(C)(C)NCc1ccc(OCc2cccs2)c(Br)c1. The average Bonchev–Trinajstić information content (AvgIpc) is 2.87. The number of benzene rings is 1. The Kier molecular flexibility index (Phi) is 5.24. The quantitative estimate of drug-likeness (QED) is 0.818. The number of nitrogens with one attached hydrogen (secondary N) is 1. The van der Waals surface area contributed by atoms with Crippen LogP contribution in [0.3, 0.4) is 0 Å². The summed E-state index contributed by atoms with van der Waals surface area (Å²) >= 11 is 5.29. The molecule has 20 heavy (non-hydrogen) atoms. The molecule has 0 aliphatic heterocycles. The molecule has 1 N–H and O–H groups in total. The van der Waals surface area contributed by atoms with E-state index >= 15 is 0 Å². The lowest BCUT2D eigenvalue weighted by molar-refractivity contribution is 0.307. The van der Waals surface area contributed by atoms with Gasteiger partial charge in [-0.2, -0.15) is 0 Å². The van der Waals surface area contributed by atoms with Crippen LogP contribution in [0.1, 0.15) is 31.2 Å². The highest BCUT2D eigenvalue weighted by molar-refractivity contribution is 9.10. The van der Waals surface area contributed by atoms with Gasteiger partial charge in [-0.25, -0.2) is 0 Å². The summed E-state index contributed by atoms with van der Waals surface area (Å²) in [4.78, 5) is 1.23. The fourth-order valence-electron chi connectivity index (χ4n) is 1.68. The van der Waals surface area contributed by atoms with E-state index in [2.05, 4.69) is 65.6 Å². The molecule has 0 radical (unpaired) electrons.